The van der Waals surface area contributed by atoms with Crippen molar-refractivity contribution in [2.75, 3.05) is 13.1 Å². The average molecular weight is 434 g/mol. The molecule has 2 atom stereocenters. The van der Waals surface area contributed by atoms with Crippen molar-refractivity contribution in [2.45, 2.75) is 32.7 Å². The lowest BCUT2D eigenvalue weighted by atomic mass is 10.0. The topological polar surface area (TPSA) is 101 Å². The molecule has 4 rings (SSSR count). The molecule has 0 aliphatic carbocycles. The first-order chi connectivity index (χ1) is 15.5. The monoisotopic (exact) mass is 433 g/mol. The van der Waals surface area contributed by atoms with E-state index in [2.05, 4.69) is 20.4 Å². The number of nitrogens with zero attached hydrogens (tertiary/aromatic N) is 4. The van der Waals surface area contributed by atoms with Gasteiger partial charge in [-0.25, -0.2) is 0 Å². The van der Waals surface area contributed by atoms with Crippen LogP contribution in [0.5, 0.6) is 0 Å². The molecule has 1 aliphatic rings. The summed E-state index contributed by atoms with van der Waals surface area (Å²) in [7, 11) is 0. The zero-order chi connectivity index (χ0) is 22.5. The fourth-order valence-electron chi connectivity index (χ4n) is 3.84. The summed E-state index contributed by atoms with van der Waals surface area (Å²) in [6.45, 7) is 4.99. The van der Waals surface area contributed by atoms with Gasteiger partial charge in [-0.3, -0.25) is 14.6 Å². The largest absolute Gasteiger partial charge is 0.344 e. The van der Waals surface area contributed by atoms with Gasteiger partial charge in [0, 0.05) is 37.5 Å². The molecule has 1 saturated heterocycles. The molecule has 1 N–H and O–H groups in total. The number of amides is 2. The smallest absolute Gasteiger partial charge is 0.249 e. The lowest BCUT2D eigenvalue weighted by Gasteiger charge is -2.21. The number of nitrogens with one attached hydrogen (secondary N) is 1. The van der Waals surface area contributed by atoms with E-state index in [1.165, 1.54) is 5.56 Å². The van der Waals surface area contributed by atoms with Crippen molar-refractivity contribution in [3.63, 3.8) is 0 Å². The third kappa shape index (κ3) is 5.01. The molecule has 1 aromatic carbocycles. The number of hydrogen-bond donors (Lipinski definition) is 1. The van der Waals surface area contributed by atoms with Crippen LogP contribution in [0.1, 0.15) is 37.8 Å². The Hall–Kier alpha value is -3.55. The van der Waals surface area contributed by atoms with E-state index >= 15 is 0 Å². The summed E-state index contributed by atoms with van der Waals surface area (Å²) in [6, 6.07) is 13.2. The molecule has 0 radical (unpaired) electrons. The molecule has 1 fully saturated rings. The number of carbonyl (C=O) groups is 2. The van der Waals surface area contributed by atoms with Crippen LogP contribution >= 0.6 is 0 Å². The molecule has 3 heterocycles. The number of hydrogen-bond acceptors (Lipinski definition) is 6. The Bertz CT molecular complexity index is 1050. The van der Waals surface area contributed by atoms with Gasteiger partial charge in [0.05, 0.1) is 5.92 Å². The second kappa shape index (κ2) is 9.72. The summed E-state index contributed by atoms with van der Waals surface area (Å²) in [5, 5.41) is 7.07. The first kappa shape index (κ1) is 21.7. The van der Waals surface area contributed by atoms with Crippen molar-refractivity contribution in [2.24, 2.45) is 11.8 Å². The summed E-state index contributed by atoms with van der Waals surface area (Å²) in [6.07, 6.45) is 4.31. The molecule has 8 nitrogen and oxygen atoms in total. The molecule has 0 spiro atoms. The van der Waals surface area contributed by atoms with Crippen LogP contribution in [0.4, 0.5) is 0 Å². The lowest BCUT2D eigenvalue weighted by molar-refractivity contribution is -0.129. The van der Waals surface area contributed by atoms with Crippen LogP contribution in [0, 0.1) is 11.8 Å². The first-order valence-corrected chi connectivity index (χ1v) is 10.9. The zero-order valence-corrected chi connectivity index (χ0v) is 18.3. The summed E-state index contributed by atoms with van der Waals surface area (Å²) in [5.74, 6) is 0.303. The summed E-state index contributed by atoms with van der Waals surface area (Å²) in [4.78, 5) is 35.7. The van der Waals surface area contributed by atoms with Crippen LogP contribution in [-0.2, 0) is 16.0 Å². The standard InChI is InChI=1S/C24H27N5O3/c1-16(2)21(24-27-22(28-32-24)18-8-11-25-12-9-18)26-23(31)19-14-20(30)29(15-19)13-10-17-6-4-3-5-7-17/h3-9,11-12,16,19,21H,10,13-15H2,1-2H3,(H,26,31). The van der Waals surface area contributed by atoms with Crippen molar-refractivity contribution >= 4 is 11.8 Å². The SMILES string of the molecule is CC(C)C(NC(=O)C1CC(=O)N(CCc2ccccc2)C1)c1nc(-c2ccncc2)no1. The molecule has 3 aromatic rings. The molecule has 2 unspecified atom stereocenters. The molecule has 1 aliphatic heterocycles. The number of likely N-dealkylation sites (tertiary alicyclic amines) is 1. The summed E-state index contributed by atoms with van der Waals surface area (Å²) >= 11 is 0. The number of aromatic nitrogens is 3. The maximum Gasteiger partial charge on any atom is 0.249 e. The fraction of sp³-hybridized carbons (Fsp3) is 0.375. The van der Waals surface area contributed by atoms with Gasteiger partial charge in [0.1, 0.15) is 6.04 Å². The second-order valence-corrected chi connectivity index (χ2v) is 8.40. The Morgan fingerprint density at radius 2 is 1.94 bits per heavy atom. The highest BCUT2D eigenvalue weighted by molar-refractivity contribution is 5.89. The predicted octanol–water partition coefficient (Wildman–Crippen LogP) is 3.04. The second-order valence-electron chi connectivity index (χ2n) is 8.40. The third-order valence-electron chi connectivity index (χ3n) is 5.71. The van der Waals surface area contributed by atoms with E-state index in [-0.39, 0.29) is 30.1 Å². The van der Waals surface area contributed by atoms with Gasteiger partial charge in [-0.2, -0.15) is 4.98 Å². The van der Waals surface area contributed by atoms with Gasteiger partial charge >= 0.3 is 0 Å². The molecule has 32 heavy (non-hydrogen) atoms. The van der Waals surface area contributed by atoms with Crippen molar-refractivity contribution in [1.82, 2.24) is 25.3 Å². The van der Waals surface area contributed by atoms with E-state index in [1.807, 2.05) is 44.2 Å². The van der Waals surface area contributed by atoms with Crippen molar-refractivity contribution in [1.29, 1.82) is 0 Å². The van der Waals surface area contributed by atoms with E-state index in [0.29, 0.717) is 24.8 Å². The number of pyridine rings is 1. The summed E-state index contributed by atoms with van der Waals surface area (Å²) < 4.78 is 5.46. The van der Waals surface area contributed by atoms with Crippen molar-refractivity contribution in [3.8, 4) is 11.4 Å². The molecule has 166 valence electrons. The minimum absolute atomic E-state index is 0.0138. The lowest BCUT2D eigenvalue weighted by Crippen LogP contribution is -2.37. The normalized spacial score (nSPS) is 17.0. The maximum atomic E-state index is 13.0. The maximum absolute atomic E-state index is 13.0. The minimum Gasteiger partial charge on any atom is -0.344 e. The van der Waals surface area contributed by atoms with Gasteiger partial charge in [0.25, 0.3) is 0 Å². The quantitative estimate of drug-likeness (QED) is 0.586. The number of rotatable bonds is 8. The van der Waals surface area contributed by atoms with Crippen LogP contribution in [0.3, 0.4) is 0 Å². The van der Waals surface area contributed by atoms with Crippen molar-refractivity contribution in [3.05, 3.63) is 66.3 Å². The highest BCUT2D eigenvalue weighted by atomic mass is 16.5. The molecular formula is C24H27N5O3. The number of benzene rings is 1. The number of carbonyl (C=O) groups excluding carboxylic acids is 2. The Kier molecular flexibility index (Phi) is 6.58. The molecule has 8 heteroatoms. The third-order valence-corrected chi connectivity index (χ3v) is 5.71. The average Bonchev–Trinajstić information content (AvgIpc) is 3.44. The van der Waals surface area contributed by atoms with Gasteiger partial charge in [0.15, 0.2) is 0 Å². The molecule has 0 bridgehead atoms. The van der Waals surface area contributed by atoms with E-state index in [4.69, 9.17) is 4.52 Å². The molecule has 0 saturated carbocycles. The van der Waals surface area contributed by atoms with Gasteiger partial charge < -0.3 is 14.7 Å². The molecular weight excluding hydrogens is 406 g/mol. The van der Waals surface area contributed by atoms with Gasteiger partial charge in [-0.05, 0) is 30.0 Å². The zero-order valence-electron chi connectivity index (χ0n) is 18.3. The Morgan fingerprint density at radius 3 is 2.66 bits per heavy atom. The highest BCUT2D eigenvalue weighted by Crippen LogP contribution is 2.25. The van der Waals surface area contributed by atoms with Gasteiger partial charge in [-0.1, -0.05) is 49.3 Å². The van der Waals surface area contributed by atoms with Crippen LogP contribution in [-0.4, -0.2) is 44.9 Å². The van der Waals surface area contributed by atoms with Crippen LogP contribution in [0.15, 0.2) is 59.4 Å². The fourth-order valence-corrected chi connectivity index (χ4v) is 3.84. The predicted molar refractivity (Wildman–Crippen MR) is 118 cm³/mol. The van der Waals surface area contributed by atoms with Crippen molar-refractivity contribution < 1.29 is 14.1 Å². The summed E-state index contributed by atoms with van der Waals surface area (Å²) in [5.41, 5.74) is 1.97. The van der Waals surface area contributed by atoms with E-state index in [0.717, 1.165) is 12.0 Å². The van der Waals surface area contributed by atoms with Crippen LogP contribution in [0.25, 0.3) is 11.4 Å². The Morgan fingerprint density at radius 1 is 1.19 bits per heavy atom. The van der Waals surface area contributed by atoms with Gasteiger partial charge in [-0.15, -0.1) is 0 Å². The molecule has 2 aromatic heterocycles. The first-order valence-electron chi connectivity index (χ1n) is 10.9. The van der Waals surface area contributed by atoms with E-state index < -0.39 is 6.04 Å². The van der Waals surface area contributed by atoms with Gasteiger partial charge in [0.2, 0.25) is 23.5 Å². The molecule has 2 amide bonds. The Labute approximate surface area is 187 Å². The van der Waals surface area contributed by atoms with E-state index in [9.17, 15) is 9.59 Å². The highest BCUT2D eigenvalue weighted by Gasteiger charge is 2.36. The van der Waals surface area contributed by atoms with Crippen LogP contribution < -0.4 is 5.32 Å². The van der Waals surface area contributed by atoms with Crippen LogP contribution in [0.2, 0.25) is 0 Å². The van der Waals surface area contributed by atoms with E-state index in [1.54, 1.807) is 29.4 Å². The minimum atomic E-state index is -0.431. The Balaban J connectivity index is 1.38.